The Bertz CT molecular complexity index is 1240. The molecule has 5 aromatic rings. The van der Waals surface area contributed by atoms with Crippen molar-refractivity contribution >= 4 is 17.2 Å². The zero-order valence-electron chi connectivity index (χ0n) is 17.4. The first kappa shape index (κ1) is 19.0. The smallest absolute Gasteiger partial charge is 0.149 e. The summed E-state index contributed by atoms with van der Waals surface area (Å²) in [7, 11) is 0. The molecule has 0 amide bonds. The van der Waals surface area contributed by atoms with Gasteiger partial charge in [-0.15, -0.1) is 0 Å². The second-order valence-electron chi connectivity index (χ2n) is 7.60. The lowest BCUT2D eigenvalue weighted by Crippen LogP contribution is -1.91. The van der Waals surface area contributed by atoms with E-state index in [1.165, 1.54) is 5.56 Å². The van der Waals surface area contributed by atoms with Crippen LogP contribution in [0, 0.1) is 0 Å². The van der Waals surface area contributed by atoms with E-state index in [9.17, 15) is 0 Å². The molecule has 0 saturated heterocycles. The van der Waals surface area contributed by atoms with Gasteiger partial charge in [-0.05, 0) is 23.6 Å². The molecule has 5 rings (SSSR count). The number of aromatic nitrogens is 2. The molecule has 0 fully saturated rings. The molecule has 0 bridgehead atoms. The summed E-state index contributed by atoms with van der Waals surface area (Å²) in [6, 6.07) is 35.5. The molecule has 3 nitrogen and oxygen atoms in total. The van der Waals surface area contributed by atoms with Gasteiger partial charge in [0.05, 0.1) is 23.3 Å². The maximum atomic E-state index is 4.94. The number of aliphatic imine (C=N–C) groups is 1. The second-order valence-corrected chi connectivity index (χ2v) is 7.60. The third kappa shape index (κ3) is 3.90. The van der Waals surface area contributed by atoms with Crippen LogP contribution in [-0.4, -0.2) is 16.2 Å². The SMILES string of the molecule is CC(/N=C/c1nc2c(-c3ccccc3)ccc(-c3ccccc3)c2[nH]1)c1ccccc1. The number of rotatable bonds is 5. The van der Waals surface area contributed by atoms with Gasteiger partial charge < -0.3 is 4.98 Å². The van der Waals surface area contributed by atoms with E-state index in [0.717, 1.165) is 39.1 Å². The van der Waals surface area contributed by atoms with Gasteiger partial charge in [0, 0.05) is 11.1 Å². The van der Waals surface area contributed by atoms with Gasteiger partial charge in [0.1, 0.15) is 5.82 Å². The third-order valence-electron chi connectivity index (χ3n) is 5.54. The average molecular weight is 402 g/mol. The van der Waals surface area contributed by atoms with Gasteiger partial charge in [-0.3, -0.25) is 4.99 Å². The van der Waals surface area contributed by atoms with E-state index >= 15 is 0 Å². The van der Waals surface area contributed by atoms with Gasteiger partial charge >= 0.3 is 0 Å². The van der Waals surface area contributed by atoms with E-state index < -0.39 is 0 Å². The lowest BCUT2D eigenvalue weighted by atomic mass is 9.98. The third-order valence-corrected chi connectivity index (χ3v) is 5.54. The normalized spacial score (nSPS) is 12.4. The first-order valence-electron chi connectivity index (χ1n) is 10.5. The van der Waals surface area contributed by atoms with E-state index in [1.807, 2.05) is 36.5 Å². The van der Waals surface area contributed by atoms with Crippen LogP contribution in [0.3, 0.4) is 0 Å². The minimum Gasteiger partial charge on any atom is -0.337 e. The van der Waals surface area contributed by atoms with Crippen LogP contribution in [0.25, 0.3) is 33.3 Å². The average Bonchev–Trinajstić information content (AvgIpc) is 3.28. The van der Waals surface area contributed by atoms with Crippen molar-refractivity contribution in [1.29, 1.82) is 0 Å². The monoisotopic (exact) mass is 401 g/mol. The minimum absolute atomic E-state index is 0.0663. The number of hydrogen-bond donors (Lipinski definition) is 1. The Hall–Kier alpha value is -3.98. The molecule has 3 heteroatoms. The molecule has 1 N–H and O–H groups in total. The Kier molecular flexibility index (Phi) is 5.16. The molecule has 1 atom stereocenters. The zero-order chi connectivity index (χ0) is 21.0. The summed E-state index contributed by atoms with van der Waals surface area (Å²) < 4.78 is 0. The molecule has 31 heavy (non-hydrogen) atoms. The lowest BCUT2D eigenvalue weighted by molar-refractivity contribution is 0.824. The number of nitrogens with zero attached hydrogens (tertiary/aromatic N) is 2. The number of benzene rings is 4. The Morgan fingerprint density at radius 1 is 0.710 bits per heavy atom. The molecular formula is C28H23N3. The molecule has 1 heterocycles. The molecule has 4 aromatic carbocycles. The second kappa shape index (κ2) is 8.41. The molecule has 1 unspecified atom stereocenters. The van der Waals surface area contributed by atoms with E-state index in [2.05, 4.69) is 84.7 Å². The summed E-state index contributed by atoms with van der Waals surface area (Å²) in [5.41, 5.74) is 7.74. The van der Waals surface area contributed by atoms with Gasteiger partial charge in [-0.1, -0.05) is 103 Å². The van der Waals surface area contributed by atoms with Crippen molar-refractivity contribution < 1.29 is 0 Å². The summed E-state index contributed by atoms with van der Waals surface area (Å²) in [5, 5.41) is 0. The van der Waals surface area contributed by atoms with Gasteiger partial charge in [0.15, 0.2) is 0 Å². The number of imidazole rings is 1. The maximum Gasteiger partial charge on any atom is 0.149 e. The van der Waals surface area contributed by atoms with Crippen molar-refractivity contribution in [3.05, 3.63) is 115 Å². The fourth-order valence-corrected chi connectivity index (χ4v) is 3.88. The number of hydrogen-bond acceptors (Lipinski definition) is 2. The molecule has 0 aliphatic rings. The molecule has 0 aliphatic carbocycles. The van der Waals surface area contributed by atoms with Crippen LogP contribution >= 0.6 is 0 Å². The number of nitrogens with one attached hydrogen (secondary N) is 1. The van der Waals surface area contributed by atoms with Crippen LogP contribution in [-0.2, 0) is 0 Å². The number of aromatic amines is 1. The van der Waals surface area contributed by atoms with Crippen molar-refractivity contribution in [3.8, 4) is 22.3 Å². The summed E-state index contributed by atoms with van der Waals surface area (Å²) in [6.45, 7) is 2.10. The van der Waals surface area contributed by atoms with Crippen LogP contribution in [0.5, 0.6) is 0 Å². The lowest BCUT2D eigenvalue weighted by Gasteiger charge is -2.07. The topological polar surface area (TPSA) is 41.0 Å². The highest BCUT2D eigenvalue weighted by atomic mass is 14.9. The minimum atomic E-state index is 0.0663. The van der Waals surface area contributed by atoms with Gasteiger partial charge in [0.2, 0.25) is 0 Å². The van der Waals surface area contributed by atoms with Crippen molar-refractivity contribution in [2.45, 2.75) is 13.0 Å². The van der Waals surface area contributed by atoms with Gasteiger partial charge in [0.25, 0.3) is 0 Å². The molecule has 0 spiro atoms. The summed E-state index contributed by atoms with van der Waals surface area (Å²) in [4.78, 5) is 13.2. The predicted octanol–water partition coefficient (Wildman–Crippen LogP) is 7.08. The molecule has 1 aromatic heterocycles. The van der Waals surface area contributed by atoms with E-state index in [4.69, 9.17) is 9.98 Å². The summed E-state index contributed by atoms with van der Waals surface area (Å²) in [5.74, 6) is 0.762. The van der Waals surface area contributed by atoms with Gasteiger partial charge in [-0.2, -0.15) is 0 Å². The number of H-pyrrole nitrogens is 1. The first-order valence-corrected chi connectivity index (χ1v) is 10.5. The van der Waals surface area contributed by atoms with Crippen LogP contribution in [0.15, 0.2) is 108 Å². The van der Waals surface area contributed by atoms with E-state index in [0.29, 0.717) is 0 Å². The fourth-order valence-electron chi connectivity index (χ4n) is 3.88. The largest absolute Gasteiger partial charge is 0.337 e. The molecule has 150 valence electrons. The Morgan fingerprint density at radius 2 is 1.26 bits per heavy atom. The molecule has 0 saturated carbocycles. The highest BCUT2D eigenvalue weighted by Gasteiger charge is 2.14. The molecule has 0 aliphatic heterocycles. The van der Waals surface area contributed by atoms with Crippen LogP contribution < -0.4 is 0 Å². The highest BCUT2D eigenvalue weighted by Crippen LogP contribution is 2.34. The number of fused-ring (bicyclic) bond motifs is 1. The van der Waals surface area contributed by atoms with Crippen LogP contribution in [0.2, 0.25) is 0 Å². The van der Waals surface area contributed by atoms with Crippen molar-refractivity contribution in [1.82, 2.24) is 9.97 Å². The maximum absolute atomic E-state index is 4.94. The predicted molar refractivity (Wildman–Crippen MR) is 129 cm³/mol. The highest BCUT2D eigenvalue weighted by molar-refractivity contribution is 6.02. The van der Waals surface area contributed by atoms with Crippen LogP contribution in [0.4, 0.5) is 0 Å². The van der Waals surface area contributed by atoms with Crippen molar-refractivity contribution in [3.63, 3.8) is 0 Å². The molecule has 0 radical (unpaired) electrons. The Labute approximate surface area is 182 Å². The standard InChI is InChI=1S/C28H23N3/c1-20(21-11-5-2-6-12-21)29-19-26-30-27-24(22-13-7-3-8-14-22)17-18-25(28(27)31-26)23-15-9-4-10-16-23/h2-20H,1H3,(H,30,31)/b29-19+. The quantitative estimate of drug-likeness (QED) is 0.314. The van der Waals surface area contributed by atoms with E-state index in [1.54, 1.807) is 0 Å². The van der Waals surface area contributed by atoms with Gasteiger partial charge in [-0.25, -0.2) is 4.98 Å². The van der Waals surface area contributed by atoms with E-state index in [-0.39, 0.29) is 6.04 Å². The zero-order valence-corrected chi connectivity index (χ0v) is 17.4. The molecular weight excluding hydrogens is 378 g/mol. The summed E-state index contributed by atoms with van der Waals surface area (Å²) in [6.07, 6.45) is 1.85. The fraction of sp³-hybridized carbons (Fsp3) is 0.0714. The summed E-state index contributed by atoms with van der Waals surface area (Å²) >= 11 is 0. The van der Waals surface area contributed by atoms with Crippen molar-refractivity contribution in [2.24, 2.45) is 4.99 Å². The van der Waals surface area contributed by atoms with Crippen molar-refractivity contribution in [2.75, 3.05) is 0 Å². The van der Waals surface area contributed by atoms with Crippen LogP contribution in [0.1, 0.15) is 24.4 Å². The Balaban J connectivity index is 1.61. The Morgan fingerprint density at radius 3 is 1.90 bits per heavy atom. The first-order chi connectivity index (χ1) is 15.3.